The molecule has 10 heteroatoms. The molecule has 4 aromatic rings. The maximum absolute atomic E-state index is 12.5. The number of ether oxygens (including phenoxy) is 1. The highest BCUT2D eigenvalue weighted by Crippen LogP contribution is 2.32. The van der Waals surface area contributed by atoms with E-state index in [0.717, 1.165) is 11.1 Å². The largest absolute Gasteiger partial charge is 0.461 e. The standard InChI is InChI=1S/C23H24N4O5S/c1-13(2)33(29,30)26-21-11-18(16-9-14(3)22(28)27(5)12-16)24-23(25-21)32-20-8-6-7-19-17(20)10-15(4)31-19/h6-13H,1-5H3,(H,24,25,26). The lowest BCUT2D eigenvalue weighted by Crippen LogP contribution is -2.23. The fourth-order valence-electron chi connectivity index (χ4n) is 3.30. The van der Waals surface area contributed by atoms with Gasteiger partial charge >= 0.3 is 6.01 Å². The highest BCUT2D eigenvalue weighted by Gasteiger charge is 2.19. The number of hydrogen-bond donors (Lipinski definition) is 1. The van der Waals surface area contributed by atoms with Crippen LogP contribution >= 0.6 is 0 Å². The first-order valence-corrected chi connectivity index (χ1v) is 11.8. The predicted octanol–water partition coefficient (Wildman–Crippen LogP) is 4.15. The number of hydrogen-bond acceptors (Lipinski definition) is 7. The van der Waals surface area contributed by atoms with Gasteiger partial charge in [-0.05, 0) is 52.0 Å². The normalized spacial score (nSPS) is 11.8. The van der Waals surface area contributed by atoms with Gasteiger partial charge in [0.15, 0.2) is 0 Å². The van der Waals surface area contributed by atoms with Gasteiger partial charge in [0.1, 0.15) is 22.9 Å². The van der Waals surface area contributed by atoms with Gasteiger partial charge < -0.3 is 13.7 Å². The quantitative estimate of drug-likeness (QED) is 0.452. The van der Waals surface area contributed by atoms with E-state index < -0.39 is 15.3 Å². The van der Waals surface area contributed by atoms with Crippen molar-refractivity contribution in [1.82, 2.24) is 14.5 Å². The second-order valence-corrected chi connectivity index (χ2v) is 10.3. The zero-order chi connectivity index (χ0) is 23.9. The Kier molecular flexibility index (Phi) is 5.71. The van der Waals surface area contributed by atoms with Crippen molar-refractivity contribution < 1.29 is 17.6 Å². The summed E-state index contributed by atoms with van der Waals surface area (Å²) in [5.41, 5.74) is 2.06. The summed E-state index contributed by atoms with van der Waals surface area (Å²) in [6.45, 7) is 6.68. The number of nitrogens with zero attached hydrogens (tertiary/aromatic N) is 3. The molecule has 0 fully saturated rings. The minimum absolute atomic E-state index is 0.0492. The number of nitrogens with one attached hydrogen (secondary N) is 1. The lowest BCUT2D eigenvalue weighted by molar-refractivity contribution is 0.448. The molecule has 3 aromatic heterocycles. The van der Waals surface area contributed by atoms with Crippen molar-refractivity contribution in [3.63, 3.8) is 0 Å². The second kappa shape index (κ2) is 8.36. The lowest BCUT2D eigenvalue weighted by atomic mass is 10.1. The van der Waals surface area contributed by atoms with Crippen molar-refractivity contribution in [2.75, 3.05) is 4.72 Å². The molecule has 3 heterocycles. The molecule has 0 saturated carbocycles. The fraction of sp³-hybridized carbons (Fsp3) is 0.261. The molecule has 0 unspecified atom stereocenters. The van der Waals surface area contributed by atoms with E-state index in [4.69, 9.17) is 9.15 Å². The van der Waals surface area contributed by atoms with E-state index in [2.05, 4.69) is 14.7 Å². The number of rotatable bonds is 6. The smallest absolute Gasteiger partial charge is 0.324 e. The van der Waals surface area contributed by atoms with E-state index in [0.29, 0.717) is 28.2 Å². The van der Waals surface area contributed by atoms with Gasteiger partial charge in [-0.1, -0.05) is 6.07 Å². The summed E-state index contributed by atoms with van der Waals surface area (Å²) in [5.74, 6) is 1.25. The Morgan fingerprint density at radius 1 is 1.12 bits per heavy atom. The third-order valence-corrected chi connectivity index (χ3v) is 6.81. The predicted molar refractivity (Wildman–Crippen MR) is 126 cm³/mol. The molecular formula is C23H24N4O5S. The van der Waals surface area contributed by atoms with Crippen LogP contribution in [0.5, 0.6) is 11.8 Å². The molecule has 4 rings (SSSR count). The highest BCUT2D eigenvalue weighted by atomic mass is 32.2. The summed E-state index contributed by atoms with van der Waals surface area (Å²) in [6.07, 6.45) is 1.63. The van der Waals surface area contributed by atoms with Crippen LogP contribution < -0.4 is 15.0 Å². The number of sulfonamides is 1. The zero-order valence-electron chi connectivity index (χ0n) is 18.9. The van der Waals surface area contributed by atoms with Gasteiger partial charge in [-0.2, -0.15) is 9.97 Å². The Balaban J connectivity index is 1.84. The fourth-order valence-corrected chi connectivity index (χ4v) is 3.93. The summed E-state index contributed by atoms with van der Waals surface area (Å²) in [6, 6.07) is 10.3. The van der Waals surface area contributed by atoms with Gasteiger partial charge in [-0.15, -0.1) is 0 Å². The summed E-state index contributed by atoms with van der Waals surface area (Å²) >= 11 is 0. The Morgan fingerprint density at radius 3 is 2.58 bits per heavy atom. The van der Waals surface area contributed by atoms with Gasteiger partial charge in [0, 0.05) is 30.4 Å². The number of fused-ring (bicyclic) bond motifs is 1. The SMILES string of the molecule is Cc1cc2c(Oc3nc(NS(=O)(=O)C(C)C)cc(-c4cc(C)c(=O)n(C)c4)n3)cccc2o1. The van der Waals surface area contributed by atoms with E-state index in [9.17, 15) is 13.2 Å². The number of anilines is 1. The van der Waals surface area contributed by atoms with Crippen molar-refractivity contribution >= 4 is 26.8 Å². The van der Waals surface area contributed by atoms with E-state index in [1.54, 1.807) is 52.2 Å². The molecule has 9 nitrogen and oxygen atoms in total. The molecule has 0 radical (unpaired) electrons. The van der Waals surface area contributed by atoms with Crippen molar-refractivity contribution in [2.24, 2.45) is 7.05 Å². The van der Waals surface area contributed by atoms with Crippen LogP contribution in [-0.4, -0.2) is 28.2 Å². The van der Waals surface area contributed by atoms with E-state index in [1.807, 2.05) is 19.1 Å². The molecule has 0 saturated heterocycles. The molecule has 33 heavy (non-hydrogen) atoms. The first kappa shape index (κ1) is 22.5. The van der Waals surface area contributed by atoms with Crippen LogP contribution in [0.4, 0.5) is 5.82 Å². The first-order chi connectivity index (χ1) is 15.5. The molecule has 0 spiro atoms. The molecular weight excluding hydrogens is 444 g/mol. The van der Waals surface area contributed by atoms with Crippen molar-refractivity contribution in [2.45, 2.75) is 32.9 Å². The average Bonchev–Trinajstić information content (AvgIpc) is 3.12. The van der Waals surface area contributed by atoms with Crippen LogP contribution in [0.2, 0.25) is 0 Å². The van der Waals surface area contributed by atoms with Gasteiger partial charge in [-0.25, -0.2) is 8.42 Å². The summed E-state index contributed by atoms with van der Waals surface area (Å²) in [5, 5.41) is 0.0778. The molecule has 172 valence electrons. The molecule has 0 aliphatic heterocycles. The maximum Gasteiger partial charge on any atom is 0.324 e. The Morgan fingerprint density at radius 2 is 1.88 bits per heavy atom. The average molecular weight is 469 g/mol. The van der Waals surface area contributed by atoms with E-state index in [-0.39, 0.29) is 17.4 Å². The number of furan rings is 1. The van der Waals surface area contributed by atoms with Gasteiger partial charge in [0.2, 0.25) is 10.0 Å². The number of pyridine rings is 1. The van der Waals surface area contributed by atoms with Crippen LogP contribution in [0.15, 0.2) is 51.8 Å². The molecule has 1 aromatic carbocycles. The topological polar surface area (TPSA) is 116 Å². The summed E-state index contributed by atoms with van der Waals surface area (Å²) in [4.78, 5) is 20.9. The van der Waals surface area contributed by atoms with Crippen molar-refractivity contribution in [3.05, 3.63) is 64.3 Å². The van der Waals surface area contributed by atoms with E-state index in [1.165, 1.54) is 10.6 Å². The summed E-state index contributed by atoms with van der Waals surface area (Å²) < 4.78 is 40.5. The Hall–Kier alpha value is -3.66. The Bertz CT molecular complexity index is 1490. The minimum Gasteiger partial charge on any atom is -0.461 e. The first-order valence-electron chi connectivity index (χ1n) is 10.3. The number of aryl methyl sites for hydroxylation is 3. The van der Waals surface area contributed by atoms with Crippen molar-refractivity contribution in [3.8, 4) is 23.0 Å². The molecule has 0 aliphatic rings. The molecule has 0 bridgehead atoms. The third kappa shape index (κ3) is 4.61. The van der Waals surface area contributed by atoms with Crippen LogP contribution in [0.3, 0.4) is 0 Å². The van der Waals surface area contributed by atoms with Crippen LogP contribution in [0, 0.1) is 13.8 Å². The molecule has 0 aliphatic carbocycles. The third-order valence-electron chi connectivity index (χ3n) is 5.08. The monoisotopic (exact) mass is 468 g/mol. The number of benzene rings is 1. The van der Waals surface area contributed by atoms with Gasteiger partial charge in [-0.3, -0.25) is 9.52 Å². The lowest BCUT2D eigenvalue weighted by Gasteiger charge is -2.13. The summed E-state index contributed by atoms with van der Waals surface area (Å²) in [7, 11) is -2.02. The molecule has 1 N–H and O–H groups in total. The second-order valence-electron chi connectivity index (χ2n) is 8.07. The number of aromatic nitrogens is 3. The molecule has 0 amide bonds. The van der Waals surface area contributed by atoms with Crippen LogP contribution in [-0.2, 0) is 17.1 Å². The molecule has 0 atom stereocenters. The van der Waals surface area contributed by atoms with Gasteiger partial charge in [0.05, 0.1) is 16.3 Å². The zero-order valence-corrected chi connectivity index (χ0v) is 19.7. The Labute approximate surface area is 191 Å². The van der Waals surface area contributed by atoms with E-state index >= 15 is 0 Å². The van der Waals surface area contributed by atoms with Crippen molar-refractivity contribution in [1.29, 1.82) is 0 Å². The highest BCUT2D eigenvalue weighted by molar-refractivity contribution is 7.93. The van der Waals surface area contributed by atoms with Crippen LogP contribution in [0.1, 0.15) is 25.2 Å². The van der Waals surface area contributed by atoms with Gasteiger partial charge in [0.25, 0.3) is 5.56 Å². The minimum atomic E-state index is -3.66. The maximum atomic E-state index is 12.5. The van der Waals surface area contributed by atoms with Crippen LogP contribution in [0.25, 0.3) is 22.2 Å².